The van der Waals surface area contributed by atoms with Crippen LogP contribution in [0, 0.1) is 34.8 Å². The van der Waals surface area contributed by atoms with Crippen LogP contribution in [0.2, 0.25) is 0 Å². The Hall–Kier alpha value is -1.37. The fourth-order valence-corrected chi connectivity index (χ4v) is 2.33. The van der Waals surface area contributed by atoms with Crippen molar-refractivity contribution < 1.29 is 19.7 Å². The van der Waals surface area contributed by atoms with Crippen LogP contribution < -0.4 is 11.2 Å². The minimum absolute atomic E-state index is 0.349. The van der Waals surface area contributed by atoms with Crippen molar-refractivity contribution in [1.82, 2.24) is 0 Å². The van der Waals surface area contributed by atoms with Gasteiger partial charge in [0.2, 0.25) is 0 Å². The van der Waals surface area contributed by atoms with E-state index in [1.54, 1.807) is 14.6 Å². The molecular weight excluding hydrogens is 269 g/mol. The van der Waals surface area contributed by atoms with E-state index in [0.29, 0.717) is 6.42 Å². The van der Waals surface area contributed by atoms with E-state index >= 15 is 0 Å². The molecule has 0 aromatic heterocycles. The minimum atomic E-state index is -0.971. The summed E-state index contributed by atoms with van der Waals surface area (Å²) >= 11 is 0. The summed E-state index contributed by atoms with van der Waals surface area (Å²) in [7, 11) is 5.85. The Morgan fingerprint density at radius 2 is 1.67 bits per heavy atom. The van der Waals surface area contributed by atoms with Gasteiger partial charge in [-0.2, -0.15) is 0 Å². The van der Waals surface area contributed by atoms with Gasteiger partial charge in [0, 0.05) is 7.11 Å². The molecule has 0 aliphatic rings. The van der Waals surface area contributed by atoms with Crippen LogP contribution >= 0.6 is 0 Å². The van der Waals surface area contributed by atoms with Crippen molar-refractivity contribution in [2.24, 2.45) is 5.73 Å². The average molecular weight is 294 g/mol. The molecule has 0 bridgehead atoms. The molecule has 1 atom stereocenters. The molecule has 0 saturated carbocycles. The topological polar surface area (TPSA) is 95.4 Å². The highest BCUT2D eigenvalue weighted by atomic mass is 16.4. The first-order valence-electron chi connectivity index (χ1n) is 6.60. The number of nitrogens with two attached hydrogens (primary N) is 1. The summed E-state index contributed by atoms with van der Waals surface area (Å²) in [6.45, 7) is 8.03. The second-order valence-corrected chi connectivity index (χ2v) is 4.89. The minimum Gasteiger partial charge on any atom is -0.593 e. The number of hydrogen-bond acceptors (Lipinski definition) is 3. The quantitative estimate of drug-likeness (QED) is 0.463. The molecule has 1 unspecified atom stereocenters. The Balaban J connectivity index is 0.00000191. The molecule has 0 spiro atoms. The number of carbonyl (C=O) groups is 1. The predicted octanol–water partition coefficient (Wildman–Crippen LogP) is 0.268. The van der Waals surface area contributed by atoms with Gasteiger partial charge in [-0.05, 0) is 56.3 Å². The van der Waals surface area contributed by atoms with Gasteiger partial charge in [-0.3, -0.25) is 4.79 Å². The maximum Gasteiger partial charge on any atom is 0.330 e. The van der Waals surface area contributed by atoms with Crippen LogP contribution in [0.4, 0.5) is 0 Å². The SMILES string of the molecule is CO[B]c1c(C)c(C)c(CC(N)C(=O)O)c(C)c1C.[CH2-][OH2+]. The molecular formula is C15H25BNO4. The molecule has 0 aliphatic heterocycles. The average Bonchev–Trinajstić information content (AvgIpc) is 2.47. The number of hydrogen-bond donors (Lipinski definition) is 2. The molecule has 0 fully saturated rings. The maximum absolute atomic E-state index is 10.9. The molecule has 1 rings (SSSR count). The summed E-state index contributed by atoms with van der Waals surface area (Å²) in [4.78, 5) is 10.9. The Morgan fingerprint density at radius 1 is 1.24 bits per heavy atom. The number of rotatable bonds is 5. The van der Waals surface area contributed by atoms with Gasteiger partial charge in [0.05, 0.1) is 0 Å². The Morgan fingerprint density at radius 3 is 2.00 bits per heavy atom. The van der Waals surface area contributed by atoms with E-state index in [-0.39, 0.29) is 0 Å². The standard InChI is InChI=1S/C14H21BNO3.CH4O/c1-7-9(3)13(15-19-5)10(4)8(2)11(7)6-12(16)14(17)18;1-2/h12H,6,16H2,1-5H3,(H,17,18);1-2H2. The van der Waals surface area contributed by atoms with Gasteiger partial charge in [0.1, 0.15) is 6.04 Å². The van der Waals surface area contributed by atoms with E-state index in [1.807, 2.05) is 27.7 Å². The van der Waals surface area contributed by atoms with Crippen molar-refractivity contribution in [3.63, 3.8) is 0 Å². The van der Waals surface area contributed by atoms with E-state index < -0.39 is 12.0 Å². The molecule has 6 heteroatoms. The molecule has 1 aromatic rings. The van der Waals surface area contributed by atoms with Crippen molar-refractivity contribution in [2.75, 3.05) is 7.11 Å². The first-order valence-corrected chi connectivity index (χ1v) is 6.60. The van der Waals surface area contributed by atoms with Crippen molar-refractivity contribution >= 4 is 18.9 Å². The van der Waals surface area contributed by atoms with Gasteiger partial charge in [0.25, 0.3) is 0 Å². The van der Waals surface area contributed by atoms with E-state index in [2.05, 4.69) is 7.11 Å². The number of benzene rings is 1. The highest BCUT2D eigenvalue weighted by Crippen LogP contribution is 2.21. The number of aliphatic carboxylic acids is 1. The van der Waals surface area contributed by atoms with Crippen LogP contribution in [0.5, 0.6) is 0 Å². The third kappa shape index (κ3) is 4.56. The predicted molar refractivity (Wildman–Crippen MR) is 86.1 cm³/mol. The second-order valence-electron chi connectivity index (χ2n) is 4.89. The van der Waals surface area contributed by atoms with Gasteiger partial charge in [-0.25, -0.2) is 0 Å². The largest absolute Gasteiger partial charge is 0.593 e. The smallest absolute Gasteiger partial charge is 0.330 e. The lowest BCUT2D eigenvalue weighted by Gasteiger charge is -2.21. The first kappa shape index (κ1) is 19.6. The molecule has 5 nitrogen and oxygen atoms in total. The monoisotopic (exact) mass is 294 g/mol. The van der Waals surface area contributed by atoms with E-state index in [9.17, 15) is 4.79 Å². The zero-order valence-corrected chi connectivity index (χ0v) is 13.4. The van der Waals surface area contributed by atoms with Gasteiger partial charge in [-0.1, -0.05) is 18.2 Å². The summed E-state index contributed by atoms with van der Waals surface area (Å²) in [5, 5.41) is 14.5. The van der Waals surface area contributed by atoms with Crippen molar-refractivity contribution in [2.45, 2.75) is 40.2 Å². The van der Waals surface area contributed by atoms with Gasteiger partial charge in [0.15, 0.2) is 0 Å². The molecule has 0 amide bonds. The van der Waals surface area contributed by atoms with Crippen LogP contribution in [-0.2, 0) is 15.9 Å². The van der Waals surface area contributed by atoms with Crippen LogP contribution in [-0.4, -0.2) is 36.8 Å². The van der Waals surface area contributed by atoms with Crippen LogP contribution in [0.3, 0.4) is 0 Å². The molecule has 21 heavy (non-hydrogen) atoms. The lowest BCUT2D eigenvalue weighted by Crippen LogP contribution is -2.34. The van der Waals surface area contributed by atoms with Crippen molar-refractivity contribution in [3.05, 3.63) is 34.9 Å². The number of carboxylic acid groups (broad SMARTS) is 1. The highest BCUT2D eigenvalue weighted by Gasteiger charge is 2.19. The molecule has 117 valence electrons. The summed E-state index contributed by atoms with van der Waals surface area (Å²) in [6.07, 6.45) is 0.349. The zero-order chi connectivity index (χ0) is 16.7. The van der Waals surface area contributed by atoms with E-state index in [1.165, 1.54) is 0 Å². The third-order valence-corrected chi connectivity index (χ3v) is 3.82. The summed E-state index contributed by atoms with van der Waals surface area (Å²) < 4.78 is 5.11. The Labute approximate surface area is 127 Å². The lowest BCUT2D eigenvalue weighted by atomic mass is 9.75. The fraction of sp³-hybridized carbons (Fsp3) is 0.467. The molecule has 0 aliphatic carbocycles. The van der Waals surface area contributed by atoms with Crippen LogP contribution in [0.1, 0.15) is 27.8 Å². The summed E-state index contributed by atoms with van der Waals surface area (Å²) in [6, 6.07) is -0.867. The van der Waals surface area contributed by atoms with Crippen molar-refractivity contribution in [3.8, 4) is 0 Å². The van der Waals surface area contributed by atoms with Crippen molar-refractivity contribution in [1.29, 1.82) is 0 Å². The van der Waals surface area contributed by atoms with Gasteiger partial charge < -0.3 is 20.6 Å². The molecule has 0 heterocycles. The van der Waals surface area contributed by atoms with Gasteiger partial charge >= 0.3 is 13.5 Å². The molecule has 1 radical (unpaired) electrons. The molecule has 0 saturated heterocycles. The zero-order valence-electron chi connectivity index (χ0n) is 13.4. The van der Waals surface area contributed by atoms with E-state index in [0.717, 1.165) is 33.3 Å². The molecule has 5 N–H and O–H groups in total. The number of carboxylic acids is 1. The summed E-state index contributed by atoms with van der Waals surface area (Å²) in [5.74, 6) is -0.971. The normalized spacial score (nSPS) is 11.4. The Kier molecular flexibility index (Phi) is 8.25. The second kappa shape index (κ2) is 8.82. The highest BCUT2D eigenvalue weighted by molar-refractivity contribution is 6.48. The third-order valence-electron chi connectivity index (χ3n) is 3.82. The summed E-state index contributed by atoms with van der Waals surface area (Å²) in [5.41, 5.74) is 12.1. The first-order chi connectivity index (χ1) is 9.81. The van der Waals surface area contributed by atoms with E-state index in [4.69, 9.17) is 20.6 Å². The lowest BCUT2D eigenvalue weighted by molar-refractivity contribution is -0.138. The Bertz CT molecular complexity index is 474. The maximum atomic E-state index is 10.9. The van der Waals surface area contributed by atoms with Crippen LogP contribution in [0.25, 0.3) is 0 Å². The fourth-order valence-electron chi connectivity index (χ4n) is 2.33. The van der Waals surface area contributed by atoms with Gasteiger partial charge in [-0.15, -0.1) is 0 Å². The van der Waals surface area contributed by atoms with Crippen LogP contribution in [0.15, 0.2) is 0 Å². The molecule has 1 aromatic carbocycles.